The fourth-order valence-corrected chi connectivity index (χ4v) is 2.56. The molecule has 1 rings (SSSR count). The summed E-state index contributed by atoms with van der Waals surface area (Å²) in [5.41, 5.74) is 0. The van der Waals surface area contributed by atoms with Gasteiger partial charge < -0.3 is 4.74 Å². The Hall–Kier alpha value is -0.510. The van der Waals surface area contributed by atoms with Gasteiger partial charge in [0.2, 0.25) is 0 Å². The molecule has 0 bridgehead atoms. The van der Waals surface area contributed by atoms with Crippen LogP contribution in [0.25, 0.3) is 0 Å². The monoisotopic (exact) mass is 216 g/mol. The minimum atomic E-state index is -0.212. The highest BCUT2D eigenvalue weighted by molar-refractivity contribution is 8.01. The number of Topliss-reactive ketones (excluding diaryl/α,β-unsaturated/α-hetero) is 1. The predicted molar refractivity (Wildman–Crippen MR) is 56.4 cm³/mol. The highest BCUT2D eigenvalue weighted by atomic mass is 32.2. The maximum atomic E-state index is 11.4. The first-order valence-corrected chi connectivity index (χ1v) is 6.09. The van der Waals surface area contributed by atoms with Crippen LogP contribution in [0.15, 0.2) is 0 Å². The minimum absolute atomic E-state index is 0.0353. The van der Waals surface area contributed by atoms with Crippen LogP contribution in [0.3, 0.4) is 0 Å². The summed E-state index contributed by atoms with van der Waals surface area (Å²) >= 11 is 1.43. The van der Waals surface area contributed by atoms with E-state index >= 15 is 0 Å². The predicted octanol–water partition coefficient (Wildman–Crippen LogP) is 1.79. The van der Waals surface area contributed by atoms with Gasteiger partial charge in [-0.2, -0.15) is 0 Å². The molecule has 14 heavy (non-hydrogen) atoms. The van der Waals surface area contributed by atoms with Gasteiger partial charge in [-0.05, 0) is 19.8 Å². The Morgan fingerprint density at radius 2 is 2.36 bits per heavy atom. The van der Waals surface area contributed by atoms with Crippen LogP contribution in [0, 0.1) is 0 Å². The third kappa shape index (κ3) is 3.70. The van der Waals surface area contributed by atoms with Gasteiger partial charge in [0, 0.05) is 6.42 Å². The van der Waals surface area contributed by atoms with Crippen molar-refractivity contribution in [3.63, 3.8) is 0 Å². The van der Waals surface area contributed by atoms with Crippen molar-refractivity contribution in [2.45, 2.75) is 37.9 Å². The Morgan fingerprint density at radius 3 is 3.00 bits per heavy atom. The molecule has 3 nitrogen and oxygen atoms in total. The summed E-state index contributed by atoms with van der Waals surface area (Å²) in [6.45, 7) is 2.20. The van der Waals surface area contributed by atoms with Crippen LogP contribution in [0.2, 0.25) is 0 Å². The lowest BCUT2D eigenvalue weighted by Gasteiger charge is -2.19. The van der Waals surface area contributed by atoms with E-state index in [1.165, 1.54) is 11.8 Å². The lowest BCUT2D eigenvalue weighted by Crippen LogP contribution is -2.23. The fraction of sp³-hybridized carbons (Fsp3) is 0.800. The molecule has 1 atom stereocenters. The number of hydrogen-bond acceptors (Lipinski definition) is 4. The molecule has 4 heteroatoms. The number of carbonyl (C=O) groups is 2. The molecule has 0 heterocycles. The Labute approximate surface area is 88.6 Å². The van der Waals surface area contributed by atoms with Gasteiger partial charge in [0.1, 0.15) is 5.78 Å². The fourth-order valence-electron chi connectivity index (χ4n) is 1.50. The Kier molecular flexibility index (Phi) is 5.01. The van der Waals surface area contributed by atoms with E-state index in [4.69, 9.17) is 4.74 Å². The highest BCUT2D eigenvalue weighted by Gasteiger charge is 2.23. The second kappa shape index (κ2) is 6.06. The van der Waals surface area contributed by atoms with Crippen molar-refractivity contribution in [3.05, 3.63) is 0 Å². The summed E-state index contributed by atoms with van der Waals surface area (Å²) in [7, 11) is 0. The second-order valence-electron chi connectivity index (χ2n) is 3.32. The van der Waals surface area contributed by atoms with Crippen molar-refractivity contribution in [1.29, 1.82) is 0 Å². The van der Waals surface area contributed by atoms with Gasteiger partial charge in [-0.15, -0.1) is 11.8 Å². The van der Waals surface area contributed by atoms with E-state index in [1.807, 2.05) is 0 Å². The lowest BCUT2D eigenvalue weighted by atomic mass is 9.99. The quantitative estimate of drug-likeness (QED) is 0.672. The zero-order valence-corrected chi connectivity index (χ0v) is 9.27. The van der Waals surface area contributed by atoms with Gasteiger partial charge in [0.25, 0.3) is 0 Å². The van der Waals surface area contributed by atoms with Gasteiger partial charge in [-0.3, -0.25) is 9.59 Å². The summed E-state index contributed by atoms with van der Waals surface area (Å²) < 4.78 is 4.80. The van der Waals surface area contributed by atoms with Crippen LogP contribution in [0.1, 0.15) is 32.6 Å². The van der Waals surface area contributed by atoms with E-state index in [0.29, 0.717) is 24.6 Å². The second-order valence-corrected chi connectivity index (χ2v) is 4.51. The highest BCUT2D eigenvalue weighted by Crippen LogP contribution is 2.25. The first-order valence-electron chi connectivity index (χ1n) is 5.04. The number of hydrogen-bond donors (Lipinski definition) is 0. The van der Waals surface area contributed by atoms with Crippen LogP contribution >= 0.6 is 11.8 Å². The molecule has 80 valence electrons. The van der Waals surface area contributed by atoms with Crippen molar-refractivity contribution < 1.29 is 14.3 Å². The number of esters is 1. The minimum Gasteiger partial charge on any atom is -0.465 e. The Balaban J connectivity index is 2.22. The third-order valence-electron chi connectivity index (χ3n) is 2.21. The average molecular weight is 216 g/mol. The molecule has 0 aliphatic heterocycles. The number of ether oxygens (including phenoxy) is 1. The normalized spacial score (nSPS) is 22.1. The average Bonchev–Trinajstić information content (AvgIpc) is 2.17. The summed E-state index contributed by atoms with van der Waals surface area (Å²) in [5, 5.41) is 0.0353. The Morgan fingerprint density at radius 1 is 1.57 bits per heavy atom. The molecular formula is C10H16O3S. The van der Waals surface area contributed by atoms with E-state index in [0.717, 1.165) is 19.3 Å². The smallest absolute Gasteiger partial charge is 0.315 e. The van der Waals surface area contributed by atoms with Crippen LogP contribution in [0.4, 0.5) is 0 Å². The topological polar surface area (TPSA) is 43.4 Å². The molecule has 0 aromatic heterocycles. The van der Waals surface area contributed by atoms with Crippen LogP contribution in [0.5, 0.6) is 0 Å². The van der Waals surface area contributed by atoms with E-state index in [1.54, 1.807) is 6.92 Å². The molecule has 0 spiro atoms. The number of thioether (sulfide) groups is 1. The molecule has 0 unspecified atom stereocenters. The molecular weight excluding hydrogens is 200 g/mol. The third-order valence-corrected chi connectivity index (χ3v) is 3.51. The molecule has 0 amide bonds. The van der Waals surface area contributed by atoms with Crippen molar-refractivity contribution in [1.82, 2.24) is 0 Å². The van der Waals surface area contributed by atoms with Crippen molar-refractivity contribution in [3.8, 4) is 0 Å². The zero-order chi connectivity index (χ0) is 10.4. The first-order chi connectivity index (χ1) is 6.74. The molecule has 0 aromatic rings. The van der Waals surface area contributed by atoms with Crippen molar-refractivity contribution >= 4 is 23.5 Å². The summed E-state index contributed by atoms with van der Waals surface area (Å²) in [6, 6.07) is 0. The van der Waals surface area contributed by atoms with Crippen LogP contribution < -0.4 is 0 Å². The molecule has 0 saturated heterocycles. The molecule has 1 fully saturated rings. The van der Waals surface area contributed by atoms with Gasteiger partial charge in [-0.25, -0.2) is 0 Å². The maximum Gasteiger partial charge on any atom is 0.315 e. The Bertz CT molecular complexity index is 215. The number of carbonyl (C=O) groups excluding carboxylic acids is 2. The largest absolute Gasteiger partial charge is 0.465 e. The summed E-state index contributed by atoms with van der Waals surface area (Å²) in [5.74, 6) is 0.394. The first kappa shape index (κ1) is 11.6. The van der Waals surface area contributed by atoms with Gasteiger partial charge in [0.05, 0.1) is 17.6 Å². The SMILES string of the molecule is CCOC(=O)CS[C@@H]1CCCCC1=O. The van der Waals surface area contributed by atoms with Crippen molar-refractivity contribution in [2.75, 3.05) is 12.4 Å². The van der Waals surface area contributed by atoms with E-state index in [-0.39, 0.29) is 11.2 Å². The van der Waals surface area contributed by atoms with E-state index < -0.39 is 0 Å². The van der Waals surface area contributed by atoms with Gasteiger partial charge in [-0.1, -0.05) is 6.42 Å². The van der Waals surface area contributed by atoms with Crippen molar-refractivity contribution in [2.24, 2.45) is 0 Å². The van der Waals surface area contributed by atoms with Gasteiger partial charge >= 0.3 is 5.97 Å². The van der Waals surface area contributed by atoms with E-state index in [2.05, 4.69) is 0 Å². The molecule has 1 saturated carbocycles. The molecule has 0 N–H and O–H groups in total. The summed E-state index contributed by atoms with van der Waals surface area (Å²) in [4.78, 5) is 22.4. The number of ketones is 1. The molecule has 1 aliphatic carbocycles. The van der Waals surface area contributed by atoms with E-state index in [9.17, 15) is 9.59 Å². The van der Waals surface area contributed by atoms with Gasteiger partial charge in [0.15, 0.2) is 0 Å². The maximum absolute atomic E-state index is 11.4. The molecule has 1 aliphatic rings. The zero-order valence-electron chi connectivity index (χ0n) is 8.45. The standard InChI is InChI=1S/C10H16O3S/c1-2-13-10(12)7-14-9-6-4-3-5-8(9)11/h9H,2-7H2,1H3/t9-/m1/s1. The lowest BCUT2D eigenvalue weighted by molar-refractivity contribution is -0.139. The van der Waals surface area contributed by atoms with Crippen LogP contribution in [-0.4, -0.2) is 29.4 Å². The molecule has 0 radical (unpaired) electrons. The molecule has 0 aromatic carbocycles. The summed E-state index contributed by atoms with van der Waals surface area (Å²) in [6.07, 6.45) is 3.71. The van der Waals surface area contributed by atoms with Crippen LogP contribution in [-0.2, 0) is 14.3 Å². The number of rotatable bonds is 4.